The Kier molecular flexibility index (Phi) is 2.64. The van der Waals surface area contributed by atoms with Crippen LogP contribution in [0.25, 0.3) is 0 Å². The van der Waals surface area contributed by atoms with E-state index in [-0.39, 0.29) is 6.42 Å². The van der Waals surface area contributed by atoms with Crippen molar-refractivity contribution in [2.45, 2.75) is 6.42 Å². The molecule has 0 fully saturated rings. The zero-order chi connectivity index (χ0) is 6.62. The van der Waals surface area contributed by atoms with Gasteiger partial charge in [0.1, 0.15) is 12.0 Å². The maximum Gasteiger partial charge on any atom is 0.269 e. The number of hydrogen-bond donors (Lipinski definition) is 1. The molecule has 0 aliphatic carbocycles. The highest BCUT2D eigenvalue weighted by atomic mass is 32.2. The lowest BCUT2D eigenvalue weighted by molar-refractivity contribution is -0.107. The highest BCUT2D eigenvalue weighted by Crippen LogP contribution is 1.90. The molecule has 0 aliphatic rings. The van der Waals surface area contributed by atoms with Crippen LogP contribution in [0.3, 0.4) is 0 Å². The highest BCUT2D eigenvalue weighted by Gasteiger charge is 2.01. The molecule has 0 aromatic carbocycles. The fraction of sp³-hybridized carbons (Fsp3) is 0.333. The second kappa shape index (κ2) is 2.78. The maximum absolute atomic E-state index is 9.73. The molecule has 0 unspecified atom stereocenters. The molecule has 5 heteroatoms. The molecule has 0 aliphatic heterocycles. The van der Waals surface area contributed by atoms with Crippen molar-refractivity contribution in [3.8, 4) is 0 Å². The monoisotopic (exact) mass is 137 g/mol. The molecule has 0 spiro atoms. The van der Waals surface area contributed by atoms with E-state index in [9.17, 15) is 13.2 Å². The summed E-state index contributed by atoms with van der Waals surface area (Å²) in [6.07, 6.45) is 0.118. The number of aldehydes is 1. The van der Waals surface area contributed by atoms with Gasteiger partial charge in [0.2, 0.25) is 0 Å². The lowest BCUT2D eigenvalue weighted by Crippen LogP contribution is -1.96. The van der Waals surface area contributed by atoms with Crippen LogP contribution in [0, 0.1) is 5.75 Å². The Morgan fingerprint density at radius 1 is 1.50 bits per heavy atom. The Bertz CT molecular complexity index is 156. The topological polar surface area (TPSA) is 71.4 Å². The molecular weight excluding hydrogens is 132 g/mol. The first-order chi connectivity index (χ1) is 3.56. The largest absolute Gasteiger partial charge is 0.303 e. The van der Waals surface area contributed by atoms with E-state index in [1.165, 1.54) is 0 Å². The van der Waals surface area contributed by atoms with Crippen LogP contribution in [0.15, 0.2) is 0 Å². The first kappa shape index (κ1) is 7.58. The van der Waals surface area contributed by atoms with Gasteiger partial charge in [-0.15, -0.1) is 0 Å². The van der Waals surface area contributed by atoms with E-state index < -0.39 is 10.1 Å². The van der Waals surface area contributed by atoms with E-state index in [0.717, 1.165) is 0 Å². The van der Waals surface area contributed by atoms with Crippen molar-refractivity contribution in [3.05, 3.63) is 5.75 Å². The molecule has 4 nitrogen and oxygen atoms in total. The van der Waals surface area contributed by atoms with Crippen molar-refractivity contribution >= 4 is 16.4 Å². The van der Waals surface area contributed by atoms with Gasteiger partial charge >= 0.3 is 0 Å². The number of rotatable bonds is 3. The first-order valence-electron chi connectivity index (χ1n) is 1.80. The minimum Gasteiger partial charge on any atom is -0.303 e. The summed E-state index contributed by atoms with van der Waals surface area (Å²) < 4.78 is 27.4. The quantitative estimate of drug-likeness (QED) is 0.425. The van der Waals surface area contributed by atoms with Crippen LogP contribution in [0.2, 0.25) is 0 Å². The predicted octanol–water partition coefficient (Wildman–Crippen LogP) is -0.375. The molecule has 0 rings (SSSR count). The lowest BCUT2D eigenvalue weighted by Gasteiger charge is -1.84. The van der Waals surface area contributed by atoms with Crippen LogP contribution < -0.4 is 0 Å². The van der Waals surface area contributed by atoms with Gasteiger partial charge in [-0.2, -0.15) is 8.42 Å². The van der Waals surface area contributed by atoms with Gasteiger partial charge in [-0.1, -0.05) is 0 Å². The van der Waals surface area contributed by atoms with Crippen LogP contribution >= 0.6 is 0 Å². The molecule has 0 aromatic rings. The molecule has 47 valence electrons. The summed E-state index contributed by atoms with van der Waals surface area (Å²) in [6.45, 7) is 0. The van der Waals surface area contributed by atoms with Crippen LogP contribution in [0.4, 0.5) is 0 Å². The molecular formula is C3H5O4S. The van der Waals surface area contributed by atoms with Crippen molar-refractivity contribution < 1.29 is 17.8 Å². The van der Waals surface area contributed by atoms with E-state index in [4.69, 9.17) is 4.55 Å². The average Bonchev–Trinajstić information content (AvgIpc) is 1.59. The molecule has 1 N–H and O–H groups in total. The van der Waals surface area contributed by atoms with Gasteiger partial charge in [0.05, 0.1) is 0 Å². The summed E-state index contributed by atoms with van der Waals surface area (Å²) >= 11 is 0. The predicted molar refractivity (Wildman–Crippen MR) is 26.5 cm³/mol. The summed E-state index contributed by atoms with van der Waals surface area (Å²) in [5, 5.41) is 0. The number of hydrogen-bond acceptors (Lipinski definition) is 3. The SMILES string of the molecule is O=CC[CH]S(=O)(=O)O. The van der Waals surface area contributed by atoms with Crippen molar-refractivity contribution in [1.82, 2.24) is 0 Å². The molecule has 0 heterocycles. The summed E-state index contributed by atoms with van der Waals surface area (Å²) in [5.74, 6) is 0.528. The average molecular weight is 137 g/mol. The summed E-state index contributed by atoms with van der Waals surface area (Å²) in [7, 11) is -4.04. The molecule has 0 aromatic heterocycles. The van der Waals surface area contributed by atoms with Crippen molar-refractivity contribution in [1.29, 1.82) is 0 Å². The zero-order valence-electron chi connectivity index (χ0n) is 3.94. The summed E-state index contributed by atoms with van der Waals surface area (Å²) in [4.78, 5) is 9.44. The summed E-state index contributed by atoms with van der Waals surface area (Å²) in [5.41, 5.74) is 0. The normalized spacial score (nSPS) is 11.1. The Morgan fingerprint density at radius 3 is 2.12 bits per heavy atom. The molecule has 1 radical (unpaired) electrons. The minimum absolute atomic E-state index is 0.265. The van der Waals surface area contributed by atoms with Gasteiger partial charge in [-0.05, 0) is 0 Å². The van der Waals surface area contributed by atoms with E-state index in [1.54, 1.807) is 0 Å². The fourth-order valence-corrected chi connectivity index (χ4v) is 0.483. The first-order valence-corrected chi connectivity index (χ1v) is 3.31. The molecule has 0 saturated heterocycles. The van der Waals surface area contributed by atoms with E-state index >= 15 is 0 Å². The zero-order valence-corrected chi connectivity index (χ0v) is 4.76. The second-order valence-corrected chi connectivity index (χ2v) is 2.45. The van der Waals surface area contributed by atoms with Crippen LogP contribution in [0.1, 0.15) is 6.42 Å². The molecule has 0 amide bonds. The standard InChI is InChI=1S/C3H5O4S/c4-2-1-3-8(5,6)7/h2-3H,1H2,(H,5,6,7). The lowest BCUT2D eigenvalue weighted by atomic mass is 10.6. The minimum atomic E-state index is -4.04. The number of carbonyl (C=O) groups is 1. The third-order valence-corrected chi connectivity index (χ3v) is 1.02. The molecule has 0 saturated carbocycles. The summed E-state index contributed by atoms with van der Waals surface area (Å²) in [6, 6.07) is 0. The van der Waals surface area contributed by atoms with E-state index in [2.05, 4.69) is 0 Å². The molecule has 0 bridgehead atoms. The fourth-order valence-electron chi connectivity index (χ4n) is 0.161. The molecule has 0 atom stereocenters. The van der Waals surface area contributed by atoms with Gasteiger partial charge < -0.3 is 4.79 Å². The number of carbonyl (C=O) groups excluding carboxylic acids is 1. The Morgan fingerprint density at radius 2 is 2.00 bits per heavy atom. The Hall–Kier alpha value is -0.420. The van der Waals surface area contributed by atoms with Gasteiger partial charge in [0.25, 0.3) is 10.1 Å². The van der Waals surface area contributed by atoms with Crippen molar-refractivity contribution in [2.24, 2.45) is 0 Å². The Balaban J connectivity index is 3.57. The second-order valence-electron chi connectivity index (χ2n) is 1.08. The van der Waals surface area contributed by atoms with E-state index in [1.807, 2.05) is 0 Å². The van der Waals surface area contributed by atoms with Gasteiger partial charge in [-0.3, -0.25) is 4.55 Å². The van der Waals surface area contributed by atoms with Crippen LogP contribution in [-0.4, -0.2) is 19.3 Å². The van der Waals surface area contributed by atoms with Gasteiger partial charge in [0.15, 0.2) is 0 Å². The third kappa shape index (κ3) is 5.58. The third-order valence-electron chi connectivity index (χ3n) is 0.403. The Labute approximate surface area is 47.3 Å². The van der Waals surface area contributed by atoms with Gasteiger partial charge in [0, 0.05) is 6.42 Å². The van der Waals surface area contributed by atoms with Crippen LogP contribution in [-0.2, 0) is 14.9 Å². The molecule has 8 heavy (non-hydrogen) atoms. The van der Waals surface area contributed by atoms with E-state index in [0.29, 0.717) is 12.0 Å². The van der Waals surface area contributed by atoms with Crippen molar-refractivity contribution in [2.75, 3.05) is 0 Å². The van der Waals surface area contributed by atoms with Crippen molar-refractivity contribution in [3.63, 3.8) is 0 Å². The maximum atomic E-state index is 9.73. The smallest absolute Gasteiger partial charge is 0.269 e. The van der Waals surface area contributed by atoms with Gasteiger partial charge in [-0.25, -0.2) is 0 Å². The highest BCUT2D eigenvalue weighted by molar-refractivity contribution is 7.87. The van der Waals surface area contributed by atoms with Crippen LogP contribution in [0.5, 0.6) is 0 Å².